The Bertz CT molecular complexity index is 484. The second kappa shape index (κ2) is 6.41. The van der Waals surface area contributed by atoms with E-state index in [1.54, 1.807) is 20.8 Å². The number of hydrogen-bond donors (Lipinski definition) is 1. The summed E-state index contributed by atoms with van der Waals surface area (Å²) >= 11 is 12.2. The molecule has 0 aliphatic carbocycles. The minimum atomic E-state index is -0.670. The van der Waals surface area contributed by atoms with Gasteiger partial charge in [0.25, 0.3) is 0 Å². The Balaban J connectivity index is 3.14. The van der Waals surface area contributed by atoms with E-state index in [-0.39, 0.29) is 15.7 Å². The summed E-state index contributed by atoms with van der Waals surface area (Å²) in [6, 6.07) is 1.53. The van der Waals surface area contributed by atoms with Crippen LogP contribution in [-0.4, -0.2) is 25.9 Å². The lowest BCUT2D eigenvalue weighted by molar-refractivity contribution is 0.0636. The molecule has 0 aliphatic heterocycles. The Morgan fingerprint density at radius 1 is 1.10 bits per heavy atom. The summed E-state index contributed by atoms with van der Waals surface area (Å²) < 4.78 is 15.4. The summed E-state index contributed by atoms with van der Waals surface area (Å²) in [5, 5.41) is 2.84. The summed E-state index contributed by atoms with van der Waals surface area (Å²) in [6.45, 7) is 5.26. The molecular weight excluding hydrogens is 305 g/mol. The molecule has 0 saturated carbocycles. The van der Waals surface area contributed by atoms with Crippen molar-refractivity contribution in [1.29, 1.82) is 0 Å². The lowest BCUT2D eigenvalue weighted by Crippen LogP contribution is -2.27. The summed E-state index contributed by atoms with van der Waals surface area (Å²) in [6.07, 6.45) is -0.670. The third-order valence-electron chi connectivity index (χ3n) is 2.20. The highest BCUT2D eigenvalue weighted by molar-refractivity contribution is 6.41. The minimum absolute atomic E-state index is 0.171. The zero-order valence-corrected chi connectivity index (χ0v) is 13.5. The standard InChI is InChI=1S/C13H17Cl2NO4/c1-13(2,3)20-12(17)16-11-9(14)7(18-4)6-8(19-5)10(11)15/h6H,1-5H3,(H,16,17). The molecule has 1 rings (SSSR count). The fourth-order valence-corrected chi connectivity index (χ4v) is 2.00. The van der Waals surface area contributed by atoms with E-state index in [1.165, 1.54) is 20.3 Å². The molecule has 0 bridgehead atoms. The number of hydrogen-bond acceptors (Lipinski definition) is 4. The van der Waals surface area contributed by atoms with Crippen LogP contribution in [0.1, 0.15) is 20.8 Å². The van der Waals surface area contributed by atoms with Crippen LogP contribution in [0.25, 0.3) is 0 Å². The van der Waals surface area contributed by atoms with Crippen LogP contribution in [0, 0.1) is 0 Å². The summed E-state index contributed by atoms with van der Waals surface area (Å²) in [7, 11) is 2.90. The van der Waals surface area contributed by atoms with Crippen molar-refractivity contribution in [3.63, 3.8) is 0 Å². The van der Waals surface area contributed by atoms with Crippen molar-refractivity contribution in [2.45, 2.75) is 26.4 Å². The maximum absolute atomic E-state index is 11.8. The van der Waals surface area contributed by atoms with Crippen LogP contribution < -0.4 is 14.8 Å². The molecule has 1 N–H and O–H groups in total. The molecule has 0 unspecified atom stereocenters. The van der Waals surface area contributed by atoms with Gasteiger partial charge in [0.2, 0.25) is 0 Å². The van der Waals surface area contributed by atoms with Crippen LogP contribution in [0.3, 0.4) is 0 Å². The van der Waals surface area contributed by atoms with Crippen LogP contribution in [0.2, 0.25) is 10.0 Å². The van der Waals surface area contributed by atoms with Crippen LogP contribution in [0.4, 0.5) is 10.5 Å². The van der Waals surface area contributed by atoms with Gasteiger partial charge in [0.05, 0.1) is 19.9 Å². The molecule has 5 nitrogen and oxygen atoms in total. The van der Waals surface area contributed by atoms with Gasteiger partial charge < -0.3 is 14.2 Å². The van der Waals surface area contributed by atoms with E-state index in [4.69, 9.17) is 37.4 Å². The molecule has 1 amide bonds. The molecule has 1 aromatic rings. The molecule has 0 spiro atoms. The summed E-state index contributed by atoms with van der Waals surface area (Å²) in [5.74, 6) is 0.665. The van der Waals surface area contributed by atoms with Gasteiger partial charge in [-0.15, -0.1) is 0 Å². The molecule has 1 aromatic carbocycles. The zero-order valence-electron chi connectivity index (χ0n) is 12.0. The Morgan fingerprint density at radius 2 is 1.55 bits per heavy atom. The lowest BCUT2D eigenvalue weighted by atomic mass is 10.2. The molecular formula is C13H17Cl2NO4. The van der Waals surface area contributed by atoms with E-state index in [2.05, 4.69) is 5.32 Å². The minimum Gasteiger partial charge on any atom is -0.495 e. The van der Waals surface area contributed by atoms with Gasteiger partial charge in [-0.25, -0.2) is 4.79 Å². The zero-order chi connectivity index (χ0) is 15.5. The van der Waals surface area contributed by atoms with Gasteiger partial charge in [0.1, 0.15) is 27.1 Å². The number of benzene rings is 1. The van der Waals surface area contributed by atoms with Crippen LogP contribution >= 0.6 is 23.2 Å². The molecule has 0 atom stereocenters. The molecule has 0 saturated heterocycles. The predicted molar refractivity (Wildman–Crippen MR) is 79.4 cm³/mol. The van der Waals surface area contributed by atoms with Crippen molar-refractivity contribution in [2.75, 3.05) is 19.5 Å². The highest BCUT2D eigenvalue weighted by atomic mass is 35.5. The number of amides is 1. The van der Waals surface area contributed by atoms with E-state index in [0.717, 1.165) is 0 Å². The van der Waals surface area contributed by atoms with Gasteiger partial charge >= 0.3 is 6.09 Å². The molecule has 0 aromatic heterocycles. The first-order valence-corrected chi connectivity index (χ1v) is 6.55. The summed E-state index contributed by atoms with van der Waals surface area (Å²) in [4.78, 5) is 11.8. The van der Waals surface area contributed by atoms with Gasteiger partial charge in [-0.3, -0.25) is 5.32 Å². The van der Waals surface area contributed by atoms with Crippen molar-refractivity contribution >= 4 is 35.0 Å². The fourth-order valence-electron chi connectivity index (χ4n) is 1.40. The SMILES string of the molecule is COc1cc(OC)c(Cl)c(NC(=O)OC(C)(C)C)c1Cl. The highest BCUT2D eigenvalue weighted by Gasteiger charge is 2.22. The number of nitrogens with one attached hydrogen (secondary N) is 1. The average molecular weight is 322 g/mol. The van der Waals surface area contributed by atoms with E-state index in [0.29, 0.717) is 11.5 Å². The van der Waals surface area contributed by atoms with Crippen molar-refractivity contribution in [1.82, 2.24) is 0 Å². The highest BCUT2D eigenvalue weighted by Crippen LogP contribution is 2.44. The molecule has 0 aliphatic rings. The smallest absolute Gasteiger partial charge is 0.412 e. The predicted octanol–water partition coefficient (Wildman–Crippen LogP) is 4.36. The first-order valence-electron chi connectivity index (χ1n) is 5.79. The second-order valence-corrected chi connectivity index (χ2v) is 5.67. The Morgan fingerprint density at radius 3 is 1.90 bits per heavy atom. The molecule has 0 heterocycles. The van der Waals surface area contributed by atoms with E-state index in [9.17, 15) is 4.79 Å². The topological polar surface area (TPSA) is 56.8 Å². The monoisotopic (exact) mass is 321 g/mol. The van der Waals surface area contributed by atoms with Crippen molar-refractivity contribution in [3.8, 4) is 11.5 Å². The number of anilines is 1. The summed E-state index contributed by atoms with van der Waals surface area (Å²) in [5.41, 5.74) is -0.454. The quantitative estimate of drug-likeness (QED) is 0.898. The van der Waals surface area contributed by atoms with Gasteiger partial charge in [0.15, 0.2) is 0 Å². The van der Waals surface area contributed by atoms with E-state index >= 15 is 0 Å². The van der Waals surface area contributed by atoms with Crippen LogP contribution in [0.5, 0.6) is 11.5 Å². The Hall–Kier alpha value is -1.33. The Kier molecular flexibility index (Phi) is 5.36. The van der Waals surface area contributed by atoms with Crippen molar-refractivity contribution in [3.05, 3.63) is 16.1 Å². The first-order chi connectivity index (χ1) is 9.19. The Labute approximate surface area is 128 Å². The number of rotatable bonds is 3. The van der Waals surface area contributed by atoms with Gasteiger partial charge in [-0.1, -0.05) is 23.2 Å². The molecule has 112 valence electrons. The van der Waals surface area contributed by atoms with Gasteiger partial charge in [-0.05, 0) is 20.8 Å². The van der Waals surface area contributed by atoms with Gasteiger partial charge in [-0.2, -0.15) is 0 Å². The van der Waals surface area contributed by atoms with Crippen molar-refractivity contribution < 1.29 is 19.0 Å². The fraction of sp³-hybridized carbons (Fsp3) is 0.462. The molecule has 0 radical (unpaired) electrons. The number of halogens is 2. The van der Waals surface area contributed by atoms with E-state index in [1.807, 2.05) is 0 Å². The third-order valence-corrected chi connectivity index (χ3v) is 2.95. The largest absolute Gasteiger partial charge is 0.495 e. The lowest BCUT2D eigenvalue weighted by Gasteiger charge is -2.21. The van der Waals surface area contributed by atoms with Crippen LogP contribution in [0.15, 0.2) is 6.07 Å². The van der Waals surface area contributed by atoms with Gasteiger partial charge in [0, 0.05) is 6.07 Å². The number of methoxy groups -OCH3 is 2. The second-order valence-electron chi connectivity index (χ2n) is 4.91. The molecule has 7 heteroatoms. The van der Waals surface area contributed by atoms with Crippen molar-refractivity contribution in [2.24, 2.45) is 0 Å². The maximum Gasteiger partial charge on any atom is 0.412 e. The third kappa shape index (κ3) is 4.08. The maximum atomic E-state index is 11.8. The number of carbonyl (C=O) groups excluding carboxylic acids is 1. The molecule has 0 fully saturated rings. The average Bonchev–Trinajstić information content (AvgIpc) is 2.33. The van der Waals surface area contributed by atoms with Crippen LogP contribution in [-0.2, 0) is 4.74 Å². The molecule has 20 heavy (non-hydrogen) atoms. The number of carbonyl (C=O) groups is 1. The normalized spacial score (nSPS) is 10.9. The van der Waals surface area contributed by atoms with E-state index < -0.39 is 11.7 Å². The first kappa shape index (κ1) is 16.7. The number of ether oxygens (including phenoxy) is 3.